The van der Waals surface area contributed by atoms with E-state index in [9.17, 15) is 9.90 Å². The summed E-state index contributed by atoms with van der Waals surface area (Å²) in [6, 6.07) is 5.04. The van der Waals surface area contributed by atoms with Gasteiger partial charge in [-0.1, -0.05) is 0 Å². The minimum atomic E-state index is -0.881. The summed E-state index contributed by atoms with van der Waals surface area (Å²) in [6.07, 6.45) is 1.86. The molecule has 0 saturated carbocycles. The smallest absolute Gasteiger partial charge is 0.325 e. The molecule has 0 amide bonds. The van der Waals surface area contributed by atoms with Crippen LogP contribution in [0, 0.1) is 0 Å². The number of aliphatic carboxylic acids is 1. The molecule has 2 aromatic rings. The number of ether oxygens (including phenoxy) is 1. The molecular weight excluding hydrogens is 256 g/mol. The van der Waals surface area contributed by atoms with Gasteiger partial charge in [0.1, 0.15) is 11.8 Å². The Morgan fingerprint density at radius 2 is 2.10 bits per heavy atom. The average molecular weight is 276 g/mol. The molecule has 0 bridgehead atoms. The van der Waals surface area contributed by atoms with Gasteiger partial charge in [0.2, 0.25) is 0 Å². The maximum Gasteiger partial charge on any atom is 0.325 e. The molecule has 1 unspecified atom stereocenters. The van der Waals surface area contributed by atoms with Crippen LogP contribution in [-0.2, 0) is 11.8 Å². The first-order chi connectivity index (χ1) is 9.43. The maximum atomic E-state index is 11.5. The van der Waals surface area contributed by atoms with E-state index in [0.717, 1.165) is 22.2 Å². The number of carbonyl (C=O) groups is 1. The average Bonchev–Trinajstić information content (AvgIpc) is 2.72. The van der Waals surface area contributed by atoms with Crippen LogP contribution in [0.3, 0.4) is 0 Å². The lowest BCUT2D eigenvalue weighted by atomic mass is 10.0. The third kappa shape index (κ3) is 2.63. The lowest BCUT2D eigenvalue weighted by Gasteiger charge is -2.17. The minimum absolute atomic E-state index is 0.0805. The molecule has 1 atom stereocenters. The van der Waals surface area contributed by atoms with E-state index in [0.29, 0.717) is 0 Å². The second-order valence-corrected chi connectivity index (χ2v) is 5.17. The van der Waals surface area contributed by atoms with E-state index in [1.54, 1.807) is 7.11 Å². The van der Waals surface area contributed by atoms with Crippen molar-refractivity contribution in [2.24, 2.45) is 7.05 Å². The maximum absolute atomic E-state index is 11.5. The molecule has 1 aromatic carbocycles. The van der Waals surface area contributed by atoms with Gasteiger partial charge in [-0.05, 0) is 32.0 Å². The number of hydrogen-bond acceptors (Lipinski definition) is 3. The highest BCUT2D eigenvalue weighted by molar-refractivity contribution is 5.90. The Morgan fingerprint density at radius 3 is 2.65 bits per heavy atom. The Bertz CT molecular complexity index is 631. The van der Waals surface area contributed by atoms with Gasteiger partial charge in [-0.3, -0.25) is 10.1 Å². The Hall–Kier alpha value is -2.01. The van der Waals surface area contributed by atoms with Gasteiger partial charge in [0.15, 0.2) is 0 Å². The lowest BCUT2D eigenvalue weighted by Crippen LogP contribution is -2.33. The summed E-state index contributed by atoms with van der Waals surface area (Å²) < 4.78 is 7.16. The Balaban J connectivity index is 2.59. The molecule has 0 aliphatic rings. The van der Waals surface area contributed by atoms with Gasteiger partial charge in [0.25, 0.3) is 0 Å². The molecule has 5 heteroatoms. The van der Waals surface area contributed by atoms with Gasteiger partial charge >= 0.3 is 5.97 Å². The van der Waals surface area contributed by atoms with E-state index in [1.807, 2.05) is 49.9 Å². The largest absolute Gasteiger partial charge is 0.497 e. The van der Waals surface area contributed by atoms with Crippen molar-refractivity contribution in [3.05, 3.63) is 30.0 Å². The number of fused-ring (bicyclic) bond motifs is 1. The number of nitrogens with one attached hydrogen (secondary N) is 1. The first kappa shape index (κ1) is 14.4. The molecule has 0 aliphatic carbocycles. The standard InChI is InChI=1S/C15H20N2O3/c1-9(2)16-14(15(18)19)12-8-17(3)13-6-5-10(20-4)7-11(12)13/h5-9,14,16H,1-4H3,(H,18,19). The summed E-state index contributed by atoms with van der Waals surface area (Å²) >= 11 is 0. The second-order valence-electron chi connectivity index (χ2n) is 5.17. The third-order valence-corrected chi connectivity index (χ3v) is 3.29. The van der Waals surface area contributed by atoms with Gasteiger partial charge in [-0.15, -0.1) is 0 Å². The lowest BCUT2D eigenvalue weighted by molar-refractivity contribution is -0.139. The molecule has 2 N–H and O–H groups in total. The van der Waals surface area contributed by atoms with Crippen LogP contribution in [0.4, 0.5) is 0 Å². The SMILES string of the molecule is COc1ccc2c(c1)c(C(NC(C)C)C(=O)O)cn2C. The predicted octanol–water partition coefficient (Wildman–Crippen LogP) is 2.31. The summed E-state index contributed by atoms with van der Waals surface area (Å²) in [4.78, 5) is 11.5. The van der Waals surface area contributed by atoms with Crippen molar-refractivity contribution in [2.75, 3.05) is 7.11 Å². The van der Waals surface area contributed by atoms with Crippen LogP contribution in [0.2, 0.25) is 0 Å². The quantitative estimate of drug-likeness (QED) is 0.879. The second kappa shape index (κ2) is 5.54. The fraction of sp³-hybridized carbons (Fsp3) is 0.400. The Kier molecular flexibility index (Phi) is 3.99. The van der Waals surface area contributed by atoms with Crippen molar-refractivity contribution in [1.29, 1.82) is 0 Å². The van der Waals surface area contributed by atoms with Crippen LogP contribution in [-0.4, -0.2) is 28.8 Å². The summed E-state index contributed by atoms with van der Waals surface area (Å²) in [6.45, 7) is 3.86. The molecule has 5 nitrogen and oxygen atoms in total. The summed E-state index contributed by atoms with van der Waals surface area (Å²) in [5.74, 6) is -0.160. The predicted molar refractivity (Wildman–Crippen MR) is 78.1 cm³/mol. The van der Waals surface area contributed by atoms with E-state index in [-0.39, 0.29) is 6.04 Å². The summed E-state index contributed by atoms with van der Waals surface area (Å²) in [5, 5.41) is 13.4. The van der Waals surface area contributed by atoms with Crippen LogP contribution in [0.25, 0.3) is 10.9 Å². The fourth-order valence-corrected chi connectivity index (χ4v) is 2.39. The molecule has 0 saturated heterocycles. The van der Waals surface area contributed by atoms with Gasteiger partial charge in [0, 0.05) is 35.8 Å². The molecule has 1 aromatic heterocycles. The highest BCUT2D eigenvalue weighted by atomic mass is 16.5. The van der Waals surface area contributed by atoms with E-state index in [4.69, 9.17) is 4.74 Å². The zero-order chi connectivity index (χ0) is 14.9. The zero-order valence-electron chi connectivity index (χ0n) is 12.2. The van der Waals surface area contributed by atoms with E-state index >= 15 is 0 Å². The third-order valence-electron chi connectivity index (χ3n) is 3.29. The van der Waals surface area contributed by atoms with Crippen molar-refractivity contribution in [1.82, 2.24) is 9.88 Å². The zero-order valence-corrected chi connectivity index (χ0v) is 12.2. The van der Waals surface area contributed by atoms with E-state index in [2.05, 4.69) is 5.32 Å². The van der Waals surface area contributed by atoms with Gasteiger partial charge in [-0.2, -0.15) is 0 Å². The number of methoxy groups -OCH3 is 1. The molecular formula is C15H20N2O3. The number of aryl methyl sites for hydroxylation is 1. The molecule has 1 heterocycles. The molecule has 0 spiro atoms. The topological polar surface area (TPSA) is 63.5 Å². The highest BCUT2D eigenvalue weighted by Crippen LogP contribution is 2.29. The number of nitrogens with zero attached hydrogens (tertiary/aromatic N) is 1. The molecule has 108 valence electrons. The molecule has 0 radical (unpaired) electrons. The number of rotatable bonds is 5. The monoisotopic (exact) mass is 276 g/mol. The highest BCUT2D eigenvalue weighted by Gasteiger charge is 2.24. The van der Waals surface area contributed by atoms with Crippen LogP contribution >= 0.6 is 0 Å². The van der Waals surface area contributed by atoms with Gasteiger partial charge in [0.05, 0.1) is 7.11 Å². The van der Waals surface area contributed by atoms with Crippen molar-refractivity contribution in [3.63, 3.8) is 0 Å². The Labute approximate surface area is 118 Å². The number of hydrogen-bond donors (Lipinski definition) is 2. The van der Waals surface area contributed by atoms with Crippen LogP contribution in [0.5, 0.6) is 5.75 Å². The molecule has 2 rings (SSSR count). The van der Waals surface area contributed by atoms with Gasteiger partial charge < -0.3 is 14.4 Å². The van der Waals surface area contributed by atoms with Crippen molar-refractivity contribution < 1.29 is 14.6 Å². The fourth-order valence-electron chi connectivity index (χ4n) is 2.39. The van der Waals surface area contributed by atoms with E-state index in [1.165, 1.54) is 0 Å². The van der Waals surface area contributed by atoms with Crippen molar-refractivity contribution in [2.45, 2.75) is 25.9 Å². The van der Waals surface area contributed by atoms with Crippen LogP contribution in [0.15, 0.2) is 24.4 Å². The Morgan fingerprint density at radius 1 is 1.40 bits per heavy atom. The minimum Gasteiger partial charge on any atom is -0.497 e. The summed E-state index contributed by atoms with van der Waals surface area (Å²) in [5.41, 5.74) is 1.74. The summed E-state index contributed by atoms with van der Waals surface area (Å²) in [7, 11) is 3.51. The normalized spacial score (nSPS) is 12.8. The van der Waals surface area contributed by atoms with Crippen LogP contribution < -0.4 is 10.1 Å². The van der Waals surface area contributed by atoms with Crippen LogP contribution in [0.1, 0.15) is 25.5 Å². The van der Waals surface area contributed by atoms with Gasteiger partial charge in [-0.25, -0.2) is 0 Å². The molecule has 20 heavy (non-hydrogen) atoms. The number of carboxylic acid groups (broad SMARTS) is 1. The molecule has 0 fully saturated rings. The van der Waals surface area contributed by atoms with Crippen molar-refractivity contribution in [3.8, 4) is 5.75 Å². The first-order valence-corrected chi connectivity index (χ1v) is 6.56. The van der Waals surface area contributed by atoms with Crippen molar-refractivity contribution >= 4 is 16.9 Å². The first-order valence-electron chi connectivity index (χ1n) is 6.56. The number of aromatic nitrogens is 1. The van der Waals surface area contributed by atoms with E-state index < -0.39 is 12.0 Å². The number of carboxylic acids is 1. The number of benzene rings is 1. The molecule has 0 aliphatic heterocycles.